The highest BCUT2D eigenvalue weighted by Crippen LogP contribution is 2.19. The molecule has 3 heteroatoms. The normalized spacial score (nSPS) is 14.3. The van der Waals surface area contributed by atoms with E-state index in [2.05, 4.69) is 9.97 Å². The molecule has 0 saturated carbocycles. The van der Waals surface area contributed by atoms with E-state index in [0.717, 1.165) is 11.5 Å². The summed E-state index contributed by atoms with van der Waals surface area (Å²) in [7, 11) is 0. The lowest BCUT2D eigenvalue weighted by Gasteiger charge is -2.05. The van der Waals surface area contributed by atoms with Gasteiger partial charge >= 0.3 is 0 Å². The molecule has 0 unspecified atom stereocenters. The van der Waals surface area contributed by atoms with E-state index in [0.29, 0.717) is 0 Å². The van der Waals surface area contributed by atoms with E-state index in [1.54, 1.807) is 6.20 Å². The van der Waals surface area contributed by atoms with Gasteiger partial charge in [-0.3, -0.25) is 4.40 Å². The first-order chi connectivity index (χ1) is 6.43. The second-order valence-corrected chi connectivity index (χ2v) is 2.93. The molecule has 0 N–H and O–H groups in total. The summed E-state index contributed by atoms with van der Waals surface area (Å²) in [6, 6.07) is 1.99. The number of imidazole rings is 1. The predicted octanol–water partition coefficient (Wildman–Crippen LogP) is 1.68. The number of aromatic nitrogens is 3. The molecule has 0 spiro atoms. The summed E-state index contributed by atoms with van der Waals surface area (Å²) in [5, 5.41) is 0. The van der Waals surface area contributed by atoms with Crippen molar-refractivity contribution in [3.63, 3.8) is 0 Å². The maximum atomic E-state index is 4.39. The first-order valence-corrected chi connectivity index (χ1v) is 4.12. The van der Waals surface area contributed by atoms with Gasteiger partial charge in [-0.2, -0.15) is 0 Å². The minimum atomic E-state index is 0.749. The highest BCUT2D eigenvalue weighted by atomic mass is 15.1. The van der Waals surface area contributed by atoms with Gasteiger partial charge in [0.15, 0.2) is 0 Å². The molecule has 0 amide bonds. The van der Waals surface area contributed by atoms with Crippen LogP contribution in [-0.4, -0.2) is 14.4 Å². The third-order valence-electron chi connectivity index (χ3n) is 2.11. The Morgan fingerprint density at radius 1 is 1.23 bits per heavy atom. The lowest BCUT2D eigenvalue weighted by Crippen LogP contribution is -1.94. The van der Waals surface area contributed by atoms with Crippen LogP contribution in [0.25, 0.3) is 11.4 Å². The Morgan fingerprint density at radius 3 is 2.92 bits per heavy atom. The standard InChI is InChI=1S/C10H7N3/c1-2-8(3-1)9-4-6-13-7-5-11-10(13)12-9/h1-7H. The highest BCUT2D eigenvalue weighted by molar-refractivity contribution is 5.79. The van der Waals surface area contributed by atoms with Crippen molar-refractivity contribution in [3.05, 3.63) is 48.6 Å². The largest absolute Gasteiger partial charge is 0.291 e. The molecule has 1 aliphatic carbocycles. The van der Waals surface area contributed by atoms with Gasteiger partial charge in [0, 0.05) is 24.2 Å². The molecule has 0 bridgehead atoms. The molecule has 3 nitrogen and oxygen atoms in total. The molecule has 0 atom stereocenters. The van der Waals surface area contributed by atoms with Crippen LogP contribution in [0.3, 0.4) is 0 Å². The van der Waals surface area contributed by atoms with Gasteiger partial charge in [-0.15, -0.1) is 0 Å². The van der Waals surface area contributed by atoms with Crippen LogP contribution in [0.1, 0.15) is 5.69 Å². The van der Waals surface area contributed by atoms with E-state index < -0.39 is 0 Å². The smallest absolute Gasteiger partial charge is 0.234 e. The molecule has 2 aromatic heterocycles. The van der Waals surface area contributed by atoms with Crippen molar-refractivity contribution in [2.45, 2.75) is 0 Å². The van der Waals surface area contributed by atoms with E-state index in [4.69, 9.17) is 0 Å². The van der Waals surface area contributed by atoms with Crippen LogP contribution in [0.5, 0.6) is 0 Å². The minimum absolute atomic E-state index is 0.749. The molecule has 0 aliphatic heterocycles. The summed E-state index contributed by atoms with van der Waals surface area (Å²) >= 11 is 0. The predicted molar refractivity (Wildman–Crippen MR) is 50.1 cm³/mol. The molecule has 0 fully saturated rings. The molecule has 0 saturated heterocycles. The fourth-order valence-electron chi connectivity index (χ4n) is 1.33. The Labute approximate surface area is 75.1 Å². The molecule has 1 aliphatic rings. The summed E-state index contributed by atoms with van der Waals surface area (Å²) in [6.45, 7) is 0. The summed E-state index contributed by atoms with van der Waals surface area (Å²) in [5.74, 6) is 0.749. The average Bonchev–Trinajstić information content (AvgIpc) is 2.47. The van der Waals surface area contributed by atoms with Gasteiger partial charge in [0.1, 0.15) is 0 Å². The molecular formula is C10H7N3. The van der Waals surface area contributed by atoms with E-state index >= 15 is 0 Å². The fourth-order valence-corrected chi connectivity index (χ4v) is 1.33. The van der Waals surface area contributed by atoms with Crippen LogP contribution in [0.15, 0.2) is 42.9 Å². The Morgan fingerprint density at radius 2 is 2.15 bits per heavy atom. The Balaban J connectivity index is 2.20. The Hall–Kier alpha value is -1.90. The van der Waals surface area contributed by atoms with Gasteiger partial charge in [-0.05, 0) is 6.07 Å². The maximum Gasteiger partial charge on any atom is 0.234 e. The number of fused-ring (bicyclic) bond motifs is 1. The van der Waals surface area contributed by atoms with Gasteiger partial charge < -0.3 is 0 Å². The van der Waals surface area contributed by atoms with Crippen molar-refractivity contribution in [2.24, 2.45) is 0 Å². The van der Waals surface area contributed by atoms with Crippen LogP contribution in [0.2, 0.25) is 0 Å². The zero-order valence-corrected chi connectivity index (χ0v) is 6.88. The SMILES string of the molecule is C1=CC(c2ccn3ccnc3n2)=C1. The van der Waals surface area contributed by atoms with Crippen molar-refractivity contribution < 1.29 is 0 Å². The van der Waals surface area contributed by atoms with E-state index in [-0.39, 0.29) is 0 Å². The number of rotatable bonds is 1. The number of hydrogen-bond acceptors (Lipinski definition) is 2. The van der Waals surface area contributed by atoms with Crippen molar-refractivity contribution in [1.82, 2.24) is 14.4 Å². The van der Waals surface area contributed by atoms with Crippen LogP contribution < -0.4 is 0 Å². The molecule has 0 aromatic carbocycles. The van der Waals surface area contributed by atoms with Gasteiger partial charge in [0.2, 0.25) is 5.78 Å². The van der Waals surface area contributed by atoms with Crippen molar-refractivity contribution >= 4 is 11.4 Å². The van der Waals surface area contributed by atoms with Gasteiger partial charge in [0.05, 0.1) is 5.69 Å². The molecule has 13 heavy (non-hydrogen) atoms. The third kappa shape index (κ3) is 0.902. The Kier molecular flexibility index (Phi) is 1.16. The van der Waals surface area contributed by atoms with Crippen LogP contribution >= 0.6 is 0 Å². The second-order valence-electron chi connectivity index (χ2n) is 2.93. The molecule has 2 heterocycles. The van der Waals surface area contributed by atoms with Gasteiger partial charge in [-0.25, -0.2) is 9.97 Å². The first kappa shape index (κ1) is 6.60. The first-order valence-electron chi connectivity index (χ1n) is 4.12. The number of hydrogen-bond donors (Lipinski definition) is 0. The molecule has 62 valence electrons. The lowest BCUT2D eigenvalue weighted by molar-refractivity contribution is 1.09. The number of nitrogens with zero attached hydrogens (tertiary/aromatic N) is 3. The molecule has 0 radical (unpaired) electrons. The highest BCUT2D eigenvalue weighted by Gasteiger charge is 2.04. The average molecular weight is 169 g/mol. The summed E-state index contributed by atoms with van der Waals surface area (Å²) in [5.41, 5.74) is 2.16. The molecule has 3 rings (SSSR count). The van der Waals surface area contributed by atoms with E-state index in [9.17, 15) is 0 Å². The molecule has 2 aromatic rings. The zero-order valence-electron chi connectivity index (χ0n) is 6.88. The van der Waals surface area contributed by atoms with E-state index in [1.165, 1.54) is 5.57 Å². The number of allylic oxidation sites excluding steroid dienone is 4. The third-order valence-corrected chi connectivity index (χ3v) is 2.11. The van der Waals surface area contributed by atoms with Crippen LogP contribution in [-0.2, 0) is 0 Å². The summed E-state index contributed by atoms with van der Waals surface area (Å²) in [6.07, 6.45) is 11.7. The minimum Gasteiger partial charge on any atom is -0.291 e. The van der Waals surface area contributed by atoms with Crippen LogP contribution in [0, 0.1) is 0 Å². The van der Waals surface area contributed by atoms with Gasteiger partial charge in [0.25, 0.3) is 0 Å². The zero-order chi connectivity index (χ0) is 8.67. The summed E-state index contributed by atoms with van der Waals surface area (Å²) in [4.78, 5) is 8.51. The monoisotopic (exact) mass is 169 g/mol. The quantitative estimate of drug-likeness (QED) is 0.650. The maximum absolute atomic E-state index is 4.39. The Bertz CT molecular complexity index is 520. The fraction of sp³-hybridized carbons (Fsp3) is 0. The van der Waals surface area contributed by atoms with Crippen LogP contribution in [0.4, 0.5) is 0 Å². The van der Waals surface area contributed by atoms with Gasteiger partial charge in [-0.1, -0.05) is 18.2 Å². The van der Waals surface area contributed by atoms with Crippen molar-refractivity contribution in [2.75, 3.05) is 0 Å². The summed E-state index contributed by atoms with van der Waals surface area (Å²) < 4.78 is 1.90. The molecular weight excluding hydrogens is 162 g/mol. The van der Waals surface area contributed by atoms with E-state index in [1.807, 2.05) is 41.1 Å². The van der Waals surface area contributed by atoms with Crippen molar-refractivity contribution in [3.8, 4) is 0 Å². The topological polar surface area (TPSA) is 30.2 Å². The van der Waals surface area contributed by atoms with Crippen molar-refractivity contribution in [1.29, 1.82) is 0 Å². The second kappa shape index (κ2) is 2.29. The lowest BCUT2D eigenvalue weighted by atomic mass is 10.1.